The van der Waals surface area contributed by atoms with Gasteiger partial charge in [-0.3, -0.25) is 28.8 Å². The molecule has 192 valence electrons. The number of hydrogen-bond donors (Lipinski definition) is 2. The van der Waals surface area contributed by atoms with Gasteiger partial charge in [0.2, 0.25) is 5.91 Å². The van der Waals surface area contributed by atoms with E-state index in [-0.39, 0.29) is 48.2 Å². The summed E-state index contributed by atoms with van der Waals surface area (Å²) in [6, 6.07) is 3.42. The number of anilines is 2. The minimum Gasteiger partial charge on any atom is -0.456 e. The van der Waals surface area contributed by atoms with Gasteiger partial charge in [-0.2, -0.15) is 0 Å². The standard InChI is InChI=1S/C24H36N6O5/c1-15(2)12-29(20-21(25)30(13-16(3)4)24(34)26-22(20)32)19(31)14-27-8-10-28(11-9-27)23(33)18-7-6-17(5)35-18/h6-7,15-16H,8-14,25H2,1-5H3,(H,26,32,34). The van der Waals surface area contributed by atoms with Crippen molar-refractivity contribution in [2.75, 3.05) is 49.9 Å². The molecule has 0 unspecified atom stereocenters. The zero-order valence-electron chi connectivity index (χ0n) is 21.2. The van der Waals surface area contributed by atoms with Crippen LogP contribution in [0.5, 0.6) is 0 Å². The number of aromatic amines is 1. The smallest absolute Gasteiger partial charge is 0.330 e. The number of aromatic nitrogens is 2. The molecule has 35 heavy (non-hydrogen) atoms. The van der Waals surface area contributed by atoms with Crippen LogP contribution in [0.3, 0.4) is 0 Å². The number of nitrogen functional groups attached to an aromatic ring is 1. The molecule has 0 radical (unpaired) electrons. The van der Waals surface area contributed by atoms with Crippen molar-refractivity contribution >= 4 is 23.3 Å². The Kier molecular flexibility index (Phi) is 8.21. The van der Waals surface area contributed by atoms with Gasteiger partial charge in [-0.15, -0.1) is 0 Å². The van der Waals surface area contributed by atoms with Gasteiger partial charge in [0.1, 0.15) is 11.6 Å². The lowest BCUT2D eigenvalue weighted by Crippen LogP contribution is -2.52. The van der Waals surface area contributed by atoms with E-state index in [4.69, 9.17) is 10.2 Å². The third-order valence-corrected chi connectivity index (χ3v) is 5.85. The monoisotopic (exact) mass is 488 g/mol. The normalized spacial score (nSPS) is 14.7. The molecule has 1 aliphatic heterocycles. The van der Waals surface area contributed by atoms with E-state index in [9.17, 15) is 19.2 Å². The summed E-state index contributed by atoms with van der Waals surface area (Å²) < 4.78 is 6.75. The lowest BCUT2D eigenvalue weighted by molar-refractivity contribution is -0.120. The number of rotatable bonds is 8. The Morgan fingerprint density at radius 2 is 1.74 bits per heavy atom. The molecular formula is C24H36N6O5. The predicted octanol–water partition coefficient (Wildman–Crippen LogP) is 1.12. The molecule has 3 heterocycles. The van der Waals surface area contributed by atoms with Gasteiger partial charge in [0, 0.05) is 39.3 Å². The fourth-order valence-corrected chi connectivity index (χ4v) is 4.16. The summed E-state index contributed by atoms with van der Waals surface area (Å²) >= 11 is 0. The number of aryl methyl sites for hydroxylation is 1. The zero-order chi connectivity index (χ0) is 25.9. The molecule has 3 rings (SSSR count). The minimum atomic E-state index is -0.675. The molecular weight excluding hydrogens is 452 g/mol. The van der Waals surface area contributed by atoms with Crippen LogP contribution >= 0.6 is 0 Å². The SMILES string of the molecule is Cc1ccc(C(=O)N2CCN(CC(=O)N(CC(C)C)c3c(N)n(CC(C)C)c(=O)[nH]c3=O)CC2)o1. The number of carbonyl (C=O) groups is 2. The molecule has 0 spiro atoms. The van der Waals surface area contributed by atoms with Crippen LogP contribution in [0.1, 0.15) is 44.0 Å². The molecule has 1 saturated heterocycles. The highest BCUT2D eigenvalue weighted by atomic mass is 16.3. The van der Waals surface area contributed by atoms with Crippen molar-refractivity contribution < 1.29 is 14.0 Å². The van der Waals surface area contributed by atoms with Crippen LogP contribution in [0.15, 0.2) is 26.1 Å². The van der Waals surface area contributed by atoms with Crippen molar-refractivity contribution in [3.05, 3.63) is 44.5 Å². The van der Waals surface area contributed by atoms with E-state index in [2.05, 4.69) is 4.98 Å². The maximum Gasteiger partial charge on any atom is 0.330 e. The van der Waals surface area contributed by atoms with E-state index in [0.29, 0.717) is 44.2 Å². The average Bonchev–Trinajstić information content (AvgIpc) is 3.21. The second kappa shape index (κ2) is 10.9. The number of carbonyl (C=O) groups excluding carboxylic acids is 2. The lowest BCUT2D eigenvalue weighted by atomic mass is 10.2. The maximum absolute atomic E-state index is 13.4. The topological polar surface area (TPSA) is 138 Å². The third kappa shape index (κ3) is 6.21. The van der Waals surface area contributed by atoms with Crippen LogP contribution in [0.2, 0.25) is 0 Å². The van der Waals surface area contributed by atoms with Crippen LogP contribution in [-0.4, -0.2) is 70.4 Å². The summed E-state index contributed by atoms with van der Waals surface area (Å²) in [6.07, 6.45) is 0. The number of furan rings is 1. The Labute approximate surface area is 204 Å². The number of nitrogens with zero attached hydrogens (tertiary/aromatic N) is 4. The fraction of sp³-hybridized carbons (Fsp3) is 0.583. The van der Waals surface area contributed by atoms with Crippen molar-refractivity contribution in [2.45, 2.75) is 41.2 Å². The van der Waals surface area contributed by atoms with Crippen LogP contribution in [0.4, 0.5) is 11.5 Å². The average molecular weight is 489 g/mol. The first kappa shape index (κ1) is 26.3. The molecule has 11 nitrogen and oxygen atoms in total. The quantitative estimate of drug-likeness (QED) is 0.568. The first-order chi connectivity index (χ1) is 16.5. The van der Waals surface area contributed by atoms with Gasteiger partial charge in [0.25, 0.3) is 11.5 Å². The van der Waals surface area contributed by atoms with Crippen molar-refractivity contribution in [1.29, 1.82) is 0 Å². The Bertz CT molecular complexity index is 1170. The molecule has 0 atom stereocenters. The summed E-state index contributed by atoms with van der Waals surface area (Å²) in [7, 11) is 0. The van der Waals surface area contributed by atoms with Crippen LogP contribution < -0.4 is 21.9 Å². The number of amides is 2. The van der Waals surface area contributed by atoms with E-state index >= 15 is 0 Å². The van der Waals surface area contributed by atoms with Gasteiger partial charge in [-0.1, -0.05) is 27.7 Å². The van der Waals surface area contributed by atoms with Crippen LogP contribution in [0.25, 0.3) is 0 Å². The highest BCUT2D eigenvalue weighted by Gasteiger charge is 2.29. The van der Waals surface area contributed by atoms with Gasteiger partial charge < -0.3 is 20.0 Å². The Hall–Kier alpha value is -3.34. The van der Waals surface area contributed by atoms with Crippen molar-refractivity contribution in [1.82, 2.24) is 19.4 Å². The van der Waals surface area contributed by atoms with Crippen LogP contribution in [0, 0.1) is 18.8 Å². The molecule has 2 aromatic heterocycles. The molecule has 0 bridgehead atoms. The minimum absolute atomic E-state index is 0.00551. The summed E-state index contributed by atoms with van der Waals surface area (Å²) in [5.74, 6) is 0.703. The van der Waals surface area contributed by atoms with E-state index in [1.165, 1.54) is 9.47 Å². The van der Waals surface area contributed by atoms with Crippen molar-refractivity contribution in [3.63, 3.8) is 0 Å². The third-order valence-electron chi connectivity index (χ3n) is 5.85. The van der Waals surface area contributed by atoms with Gasteiger partial charge >= 0.3 is 5.69 Å². The van der Waals surface area contributed by atoms with Crippen LogP contribution in [-0.2, 0) is 11.3 Å². The number of piperazine rings is 1. The molecule has 11 heteroatoms. The molecule has 2 aromatic rings. The Balaban J connectivity index is 1.76. The molecule has 1 fully saturated rings. The molecule has 0 aliphatic carbocycles. The highest BCUT2D eigenvalue weighted by Crippen LogP contribution is 2.20. The number of hydrogen-bond acceptors (Lipinski definition) is 7. The number of H-pyrrole nitrogens is 1. The van der Waals surface area contributed by atoms with E-state index in [1.807, 2.05) is 32.6 Å². The number of nitrogens with two attached hydrogens (primary N) is 1. The molecule has 2 amide bonds. The van der Waals surface area contributed by atoms with Crippen molar-refractivity contribution in [2.24, 2.45) is 11.8 Å². The van der Waals surface area contributed by atoms with Gasteiger partial charge in [0.05, 0.1) is 6.54 Å². The van der Waals surface area contributed by atoms with E-state index in [1.54, 1.807) is 24.0 Å². The van der Waals surface area contributed by atoms with Gasteiger partial charge in [0.15, 0.2) is 11.4 Å². The summed E-state index contributed by atoms with van der Waals surface area (Å²) in [5.41, 5.74) is 5.01. The van der Waals surface area contributed by atoms with E-state index < -0.39 is 11.2 Å². The maximum atomic E-state index is 13.4. The van der Waals surface area contributed by atoms with Gasteiger partial charge in [-0.05, 0) is 30.9 Å². The summed E-state index contributed by atoms with van der Waals surface area (Å²) in [6.45, 7) is 12.1. The Morgan fingerprint density at radius 3 is 2.29 bits per heavy atom. The summed E-state index contributed by atoms with van der Waals surface area (Å²) in [4.78, 5) is 58.5. The fourth-order valence-electron chi connectivity index (χ4n) is 4.16. The second-order valence-corrected chi connectivity index (χ2v) is 9.87. The first-order valence-electron chi connectivity index (χ1n) is 12.0. The summed E-state index contributed by atoms with van der Waals surface area (Å²) in [5, 5.41) is 0. The molecule has 0 saturated carbocycles. The lowest BCUT2D eigenvalue weighted by Gasteiger charge is -2.35. The predicted molar refractivity (Wildman–Crippen MR) is 134 cm³/mol. The molecule has 1 aliphatic rings. The van der Waals surface area contributed by atoms with Gasteiger partial charge in [-0.25, -0.2) is 4.79 Å². The molecule has 0 aromatic carbocycles. The highest BCUT2D eigenvalue weighted by molar-refractivity contribution is 5.97. The largest absolute Gasteiger partial charge is 0.456 e. The van der Waals surface area contributed by atoms with E-state index in [0.717, 1.165) is 0 Å². The first-order valence-corrected chi connectivity index (χ1v) is 12.0. The number of nitrogens with one attached hydrogen (secondary N) is 1. The van der Waals surface area contributed by atoms with Crippen molar-refractivity contribution in [3.8, 4) is 0 Å². The molecule has 3 N–H and O–H groups in total. The second-order valence-electron chi connectivity index (χ2n) is 9.87. The zero-order valence-corrected chi connectivity index (χ0v) is 21.2. The Morgan fingerprint density at radius 1 is 1.09 bits per heavy atom.